The molecule has 1 aliphatic heterocycles. The van der Waals surface area contributed by atoms with Gasteiger partial charge in [0.15, 0.2) is 5.16 Å². The second kappa shape index (κ2) is 13.1. The summed E-state index contributed by atoms with van der Waals surface area (Å²) in [6.45, 7) is 8.42. The Morgan fingerprint density at radius 2 is 1.93 bits per heavy atom. The van der Waals surface area contributed by atoms with Crippen LogP contribution in [-0.4, -0.2) is 44.3 Å². The average molecular weight is 573 g/mol. The van der Waals surface area contributed by atoms with Gasteiger partial charge in [0.25, 0.3) is 0 Å². The number of nitriles is 1. The molecule has 0 aliphatic carbocycles. The summed E-state index contributed by atoms with van der Waals surface area (Å²) < 4.78 is 0. The molecule has 2 aromatic heterocycles. The molecule has 214 valence electrons. The lowest BCUT2D eigenvalue weighted by atomic mass is 9.95. The predicted molar refractivity (Wildman–Crippen MR) is 161 cm³/mol. The number of aromatic nitrogens is 3. The highest BCUT2D eigenvalue weighted by molar-refractivity contribution is 7.98. The molecule has 4 N–H and O–H groups in total. The van der Waals surface area contributed by atoms with Gasteiger partial charge in [-0.3, -0.25) is 19.5 Å². The number of benzene rings is 1. The summed E-state index contributed by atoms with van der Waals surface area (Å²) in [7, 11) is 0. The zero-order valence-electron chi connectivity index (χ0n) is 23.9. The number of nitrogens with one attached hydrogen (secondary N) is 2. The number of carbonyl (C=O) groups excluding carboxylic acids is 2. The minimum atomic E-state index is -0.737. The van der Waals surface area contributed by atoms with E-state index in [0.717, 1.165) is 30.8 Å². The molecular formula is C30H36N8O2S. The van der Waals surface area contributed by atoms with Gasteiger partial charge in [0.1, 0.15) is 23.1 Å². The Labute approximate surface area is 245 Å². The van der Waals surface area contributed by atoms with E-state index < -0.39 is 5.66 Å². The van der Waals surface area contributed by atoms with Crippen molar-refractivity contribution in [2.24, 2.45) is 0 Å². The molecule has 4 rings (SSSR count). The quantitative estimate of drug-likeness (QED) is 0.242. The van der Waals surface area contributed by atoms with Gasteiger partial charge in [-0.2, -0.15) is 5.26 Å². The number of likely N-dealkylation sites (tertiary alicyclic amines) is 1. The summed E-state index contributed by atoms with van der Waals surface area (Å²) in [5.41, 5.74) is 8.97. The number of piperidine rings is 1. The minimum Gasteiger partial charge on any atom is -0.382 e. The number of hydrogen-bond acceptors (Lipinski definition) is 9. The maximum atomic E-state index is 12.6. The molecule has 0 bridgehead atoms. The third-order valence-electron chi connectivity index (χ3n) is 7.24. The topological polar surface area (TPSA) is 150 Å². The number of anilines is 2. The van der Waals surface area contributed by atoms with Crippen molar-refractivity contribution < 1.29 is 9.59 Å². The van der Waals surface area contributed by atoms with Crippen LogP contribution in [0.4, 0.5) is 11.5 Å². The largest absolute Gasteiger partial charge is 0.382 e. The smallest absolute Gasteiger partial charge is 0.221 e. The summed E-state index contributed by atoms with van der Waals surface area (Å²) in [5, 5.41) is 16.1. The van der Waals surface area contributed by atoms with Gasteiger partial charge in [-0.25, -0.2) is 9.97 Å². The monoisotopic (exact) mass is 572 g/mol. The zero-order chi connectivity index (χ0) is 29.6. The first kappa shape index (κ1) is 30.0. The molecule has 2 amide bonds. The van der Waals surface area contributed by atoms with Crippen LogP contribution in [0.5, 0.6) is 0 Å². The second-order valence-corrected chi connectivity index (χ2v) is 11.2. The minimum absolute atomic E-state index is 0.0223. The Morgan fingerprint density at radius 1 is 1.17 bits per heavy atom. The SMILES string of the molecule is CCC(=O)NC(C)(c1cccc(CSc2nc(N)c(C#N)c(-c3ccc(NC(C)=O)cc3)n2)n1)N1CCCCC1C. The Morgan fingerprint density at radius 3 is 2.59 bits per heavy atom. The van der Waals surface area contributed by atoms with Crippen molar-refractivity contribution in [3.05, 3.63) is 59.4 Å². The van der Waals surface area contributed by atoms with Crippen molar-refractivity contribution >= 4 is 35.1 Å². The zero-order valence-corrected chi connectivity index (χ0v) is 24.7. The maximum Gasteiger partial charge on any atom is 0.221 e. The molecule has 1 aromatic carbocycles. The number of nitrogens with zero attached hydrogens (tertiary/aromatic N) is 5. The van der Waals surface area contributed by atoms with Gasteiger partial charge >= 0.3 is 0 Å². The Balaban J connectivity index is 1.60. The van der Waals surface area contributed by atoms with Crippen LogP contribution in [0.1, 0.15) is 70.3 Å². The lowest BCUT2D eigenvalue weighted by molar-refractivity contribution is -0.127. The second-order valence-electron chi connectivity index (χ2n) is 10.3. The number of amides is 2. The average Bonchev–Trinajstić information content (AvgIpc) is 2.96. The molecule has 1 saturated heterocycles. The van der Waals surface area contributed by atoms with Crippen LogP contribution in [0, 0.1) is 11.3 Å². The molecule has 0 radical (unpaired) electrons. The van der Waals surface area contributed by atoms with Crippen molar-refractivity contribution in [1.82, 2.24) is 25.2 Å². The molecule has 3 aromatic rings. The third kappa shape index (κ3) is 7.01. The highest BCUT2D eigenvalue weighted by atomic mass is 32.2. The van der Waals surface area contributed by atoms with E-state index >= 15 is 0 Å². The lowest BCUT2D eigenvalue weighted by Crippen LogP contribution is -2.60. The number of carbonyl (C=O) groups is 2. The fourth-order valence-corrected chi connectivity index (χ4v) is 5.89. The van der Waals surface area contributed by atoms with E-state index in [0.29, 0.717) is 40.3 Å². The van der Waals surface area contributed by atoms with Crippen LogP contribution in [0.15, 0.2) is 47.6 Å². The van der Waals surface area contributed by atoms with E-state index in [-0.39, 0.29) is 23.2 Å². The molecule has 1 aliphatic rings. The van der Waals surface area contributed by atoms with E-state index in [1.54, 1.807) is 24.3 Å². The molecule has 2 unspecified atom stereocenters. The molecule has 10 nitrogen and oxygen atoms in total. The number of rotatable bonds is 9. The van der Waals surface area contributed by atoms with Crippen LogP contribution in [0.25, 0.3) is 11.3 Å². The van der Waals surface area contributed by atoms with Crippen molar-refractivity contribution in [3.8, 4) is 17.3 Å². The molecule has 3 heterocycles. The van der Waals surface area contributed by atoms with Gasteiger partial charge in [-0.1, -0.05) is 43.3 Å². The third-order valence-corrected chi connectivity index (χ3v) is 8.12. The van der Waals surface area contributed by atoms with Crippen molar-refractivity contribution in [2.45, 2.75) is 76.0 Å². The standard InChI is InChI=1S/C30H36N8O2S/c1-5-26(40)37-30(4,38-16-7-6-9-19(38)2)25-11-8-10-23(34-25)18-41-29-35-27(24(17-31)28(32)36-29)21-12-14-22(15-13-21)33-20(3)39/h8,10-15,19H,5-7,9,16,18H2,1-4H3,(H,33,39)(H,37,40)(H2,32,35,36). The van der Waals surface area contributed by atoms with Crippen molar-refractivity contribution in [2.75, 3.05) is 17.6 Å². The molecular weight excluding hydrogens is 536 g/mol. The number of pyridine rings is 1. The molecule has 2 atom stereocenters. The normalized spacial score (nSPS) is 16.8. The van der Waals surface area contributed by atoms with Crippen LogP contribution >= 0.6 is 11.8 Å². The Kier molecular flexibility index (Phi) is 9.57. The number of nitrogen functional groups attached to an aromatic ring is 1. The van der Waals surface area contributed by atoms with E-state index in [4.69, 9.17) is 10.7 Å². The first-order chi connectivity index (χ1) is 19.6. The van der Waals surface area contributed by atoms with Gasteiger partial charge < -0.3 is 16.4 Å². The molecule has 0 spiro atoms. The van der Waals surface area contributed by atoms with Crippen LogP contribution in [0.2, 0.25) is 0 Å². The van der Waals surface area contributed by atoms with Gasteiger partial charge in [-0.15, -0.1) is 0 Å². The highest BCUT2D eigenvalue weighted by Crippen LogP contribution is 2.33. The molecule has 11 heteroatoms. The molecule has 0 saturated carbocycles. The van der Waals surface area contributed by atoms with E-state index in [9.17, 15) is 14.9 Å². The summed E-state index contributed by atoms with van der Waals surface area (Å²) >= 11 is 1.37. The summed E-state index contributed by atoms with van der Waals surface area (Å²) in [4.78, 5) is 40.3. The van der Waals surface area contributed by atoms with Crippen LogP contribution in [-0.2, 0) is 21.0 Å². The first-order valence-corrected chi connectivity index (χ1v) is 14.8. The van der Waals surface area contributed by atoms with Gasteiger partial charge in [0, 0.05) is 42.9 Å². The number of hydrogen-bond donors (Lipinski definition) is 3. The highest BCUT2D eigenvalue weighted by Gasteiger charge is 2.40. The van der Waals surface area contributed by atoms with Crippen molar-refractivity contribution in [3.63, 3.8) is 0 Å². The molecule has 1 fully saturated rings. The van der Waals surface area contributed by atoms with Crippen molar-refractivity contribution in [1.29, 1.82) is 5.26 Å². The predicted octanol–water partition coefficient (Wildman–Crippen LogP) is 4.82. The summed E-state index contributed by atoms with van der Waals surface area (Å²) in [6.07, 6.45) is 3.72. The maximum absolute atomic E-state index is 12.6. The summed E-state index contributed by atoms with van der Waals surface area (Å²) in [5.74, 6) is 0.372. The first-order valence-electron chi connectivity index (χ1n) is 13.8. The fourth-order valence-electron chi connectivity index (χ4n) is 5.13. The van der Waals surface area contributed by atoms with E-state index in [1.807, 2.05) is 32.0 Å². The van der Waals surface area contributed by atoms with Gasteiger partial charge in [-0.05, 0) is 51.0 Å². The van der Waals surface area contributed by atoms with Gasteiger partial charge in [0.05, 0.1) is 17.1 Å². The Hall–Kier alpha value is -4.01. The Bertz CT molecular complexity index is 1460. The number of nitrogens with two attached hydrogens (primary N) is 1. The van der Waals surface area contributed by atoms with Crippen LogP contribution in [0.3, 0.4) is 0 Å². The molecule has 41 heavy (non-hydrogen) atoms. The fraction of sp³-hybridized carbons (Fsp3) is 0.400. The van der Waals surface area contributed by atoms with E-state index in [2.05, 4.69) is 38.5 Å². The van der Waals surface area contributed by atoms with Crippen LogP contribution < -0.4 is 16.4 Å². The van der Waals surface area contributed by atoms with Gasteiger partial charge in [0.2, 0.25) is 11.8 Å². The lowest BCUT2D eigenvalue weighted by Gasteiger charge is -2.47. The van der Waals surface area contributed by atoms with E-state index in [1.165, 1.54) is 25.1 Å². The summed E-state index contributed by atoms with van der Waals surface area (Å²) in [6, 6.07) is 15.3. The number of thioether (sulfide) groups is 1.